The Kier molecular flexibility index (Phi) is 6.88. The molecule has 1 fully saturated rings. The van der Waals surface area contributed by atoms with Gasteiger partial charge in [0.05, 0.1) is 23.6 Å². The lowest BCUT2D eigenvalue weighted by molar-refractivity contribution is 0.0696. The fourth-order valence-corrected chi connectivity index (χ4v) is 4.81. The van der Waals surface area contributed by atoms with Crippen LogP contribution in [-0.2, 0) is 0 Å². The summed E-state index contributed by atoms with van der Waals surface area (Å²) in [6, 6.07) is 13.7. The van der Waals surface area contributed by atoms with E-state index in [1.807, 2.05) is 48.8 Å². The summed E-state index contributed by atoms with van der Waals surface area (Å²) < 4.78 is 0. The van der Waals surface area contributed by atoms with Gasteiger partial charge in [0.15, 0.2) is 5.82 Å². The number of benzene rings is 2. The van der Waals surface area contributed by atoms with Crippen LogP contribution in [0.4, 0.5) is 5.69 Å². The molecule has 2 aliphatic heterocycles. The van der Waals surface area contributed by atoms with Gasteiger partial charge in [0, 0.05) is 38.3 Å². The van der Waals surface area contributed by atoms with Crippen molar-refractivity contribution >= 4 is 17.2 Å². The first-order valence-corrected chi connectivity index (χ1v) is 12.3. The number of carboxylic acids is 1. The van der Waals surface area contributed by atoms with Crippen LogP contribution >= 0.6 is 0 Å². The zero-order valence-electron chi connectivity index (χ0n) is 20.1. The van der Waals surface area contributed by atoms with Crippen molar-refractivity contribution in [2.75, 3.05) is 50.7 Å². The summed E-state index contributed by atoms with van der Waals surface area (Å²) in [5.41, 5.74) is 6.30. The zero-order valence-corrected chi connectivity index (χ0v) is 20.1. The number of aromatic carboxylic acids is 1. The highest BCUT2D eigenvalue weighted by Gasteiger charge is 2.18. The van der Waals surface area contributed by atoms with Crippen LogP contribution in [0.5, 0.6) is 0 Å². The number of nitrogens with zero attached hydrogens (tertiary/aromatic N) is 4. The second-order valence-corrected chi connectivity index (χ2v) is 9.01. The molecule has 180 valence electrons. The summed E-state index contributed by atoms with van der Waals surface area (Å²) >= 11 is 0. The van der Waals surface area contributed by atoms with Gasteiger partial charge in [-0.05, 0) is 53.9 Å². The summed E-state index contributed by atoms with van der Waals surface area (Å²) in [6.07, 6.45) is 6.75. The normalized spacial score (nSPS) is 16.7. The summed E-state index contributed by atoms with van der Waals surface area (Å²) in [7, 11) is 0. The molecule has 1 saturated heterocycles. The maximum Gasteiger partial charge on any atom is 0.336 e. The lowest BCUT2D eigenvalue weighted by atomic mass is 9.91. The van der Waals surface area contributed by atoms with Crippen LogP contribution in [0.1, 0.15) is 29.3 Å². The van der Waals surface area contributed by atoms with Gasteiger partial charge in [0.2, 0.25) is 0 Å². The topological polar surface area (TPSA) is 81.6 Å². The third-order valence-electron chi connectivity index (χ3n) is 6.96. The molecule has 2 aliphatic rings. The van der Waals surface area contributed by atoms with Crippen molar-refractivity contribution in [3.63, 3.8) is 0 Å². The number of hydrogen-bond donors (Lipinski definition) is 2. The molecule has 7 nitrogen and oxygen atoms in total. The molecule has 2 aromatic carbocycles. The summed E-state index contributed by atoms with van der Waals surface area (Å²) in [5, 5.41) is 13.0. The first-order valence-electron chi connectivity index (χ1n) is 12.3. The lowest BCUT2D eigenvalue weighted by Crippen LogP contribution is -2.46. The van der Waals surface area contributed by atoms with E-state index in [4.69, 9.17) is 0 Å². The molecule has 0 unspecified atom stereocenters. The summed E-state index contributed by atoms with van der Waals surface area (Å²) in [5.74, 6) is -0.191. The van der Waals surface area contributed by atoms with Gasteiger partial charge in [-0.15, -0.1) is 0 Å². The van der Waals surface area contributed by atoms with Crippen LogP contribution < -0.4 is 10.2 Å². The molecule has 0 saturated carbocycles. The third kappa shape index (κ3) is 5.11. The monoisotopic (exact) mass is 469 g/mol. The Hall–Kier alpha value is -3.55. The van der Waals surface area contributed by atoms with E-state index >= 15 is 0 Å². The Morgan fingerprint density at radius 3 is 2.29 bits per heavy atom. The van der Waals surface area contributed by atoms with E-state index in [-0.39, 0.29) is 0 Å². The van der Waals surface area contributed by atoms with Crippen molar-refractivity contribution in [2.45, 2.75) is 13.3 Å². The number of carboxylic acid groups (broad SMARTS) is 1. The molecule has 2 N–H and O–H groups in total. The average Bonchev–Trinajstić information content (AvgIpc) is 2.93. The van der Waals surface area contributed by atoms with Crippen LogP contribution in [0.25, 0.3) is 28.1 Å². The van der Waals surface area contributed by atoms with Crippen molar-refractivity contribution in [3.8, 4) is 22.5 Å². The van der Waals surface area contributed by atoms with E-state index < -0.39 is 5.97 Å². The first kappa shape index (κ1) is 23.2. The molecule has 0 bridgehead atoms. The largest absolute Gasteiger partial charge is 0.478 e. The Morgan fingerprint density at radius 2 is 1.66 bits per heavy atom. The van der Waals surface area contributed by atoms with Gasteiger partial charge >= 0.3 is 5.97 Å². The van der Waals surface area contributed by atoms with Crippen LogP contribution in [0.2, 0.25) is 0 Å². The smallest absolute Gasteiger partial charge is 0.336 e. The van der Waals surface area contributed by atoms with Crippen molar-refractivity contribution in [3.05, 3.63) is 72.1 Å². The molecule has 3 heterocycles. The predicted octanol–water partition coefficient (Wildman–Crippen LogP) is 4.03. The third-order valence-corrected chi connectivity index (χ3v) is 6.96. The highest BCUT2D eigenvalue weighted by atomic mass is 16.4. The molecule has 0 atom stereocenters. The van der Waals surface area contributed by atoms with Gasteiger partial charge in [-0.2, -0.15) is 0 Å². The molecule has 3 aromatic rings. The van der Waals surface area contributed by atoms with Crippen LogP contribution in [0.15, 0.2) is 60.9 Å². The summed E-state index contributed by atoms with van der Waals surface area (Å²) in [4.78, 5) is 25.9. The number of likely N-dealkylation sites (N-methyl/N-ethyl adjacent to an activating group) is 1. The summed E-state index contributed by atoms with van der Waals surface area (Å²) in [6.45, 7) is 9.07. The van der Waals surface area contributed by atoms with Gasteiger partial charge in [-0.1, -0.05) is 43.3 Å². The number of nitrogens with one attached hydrogen (secondary N) is 1. The molecule has 1 aromatic heterocycles. The van der Waals surface area contributed by atoms with Crippen molar-refractivity contribution < 1.29 is 9.90 Å². The maximum atomic E-state index is 11.8. The van der Waals surface area contributed by atoms with E-state index in [9.17, 15) is 9.90 Å². The Morgan fingerprint density at radius 1 is 0.971 bits per heavy atom. The molecule has 35 heavy (non-hydrogen) atoms. The van der Waals surface area contributed by atoms with Crippen molar-refractivity contribution in [1.29, 1.82) is 0 Å². The van der Waals surface area contributed by atoms with Crippen molar-refractivity contribution in [1.82, 2.24) is 20.2 Å². The number of anilines is 1. The number of rotatable bonds is 6. The second kappa shape index (κ2) is 10.4. The van der Waals surface area contributed by atoms with Gasteiger partial charge < -0.3 is 20.2 Å². The van der Waals surface area contributed by atoms with Crippen LogP contribution in [0.3, 0.4) is 0 Å². The van der Waals surface area contributed by atoms with E-state index in [0.717, 1.165) is 85.7 Å². The highest BCUT2D eigenvalue weighted by molar-refractivity contribution is 5.95. The number of piperazine rings is 1. The van der Waals surface area contributed by atoms with E-state index in [1.54, 1.807) is 6.07 Å². The number of hydrogen-bond acceptors (Lipinski definition) is 6. The molecule has 5 rings (SSSR count). The number of carbonyl (C=O) groups is 1. The zero-order chi connectivity index (χ0) is 24.2. The Bertz CT molecular complexity index is 1210. The van der Waals surface area contributed by atoms with E-state index in [1.165, 1.54) is 0 Å². The van der Waals surface area contributed by atoms with Crippen LogP contribution in [-0.4, -0.2) is 71.8 Å². The molecule has 7 heteroatoms. The quantitative estimate of drug-likeness (QED) is 0.564. The van der Waals surface area contributed by atoms with Crippen LogP contribution in [0, 0.1) is 0 Å². The Balaban J connectivity index is 1.34. The molecule has 0 aliphatic carbocycles. The second-order valence-electron chi connectivity index (χ2n) is 9.01. The standard InChI is InChI=1S/C28H31N5O2/c1-2-32-13-15-33(16-14-32)24-18-30-27(31-19-24)22-5-3-20(4-6-22)23-7-8-25(28(34)35)26(17-23)21-9-11-29-12-10-21/h3-9,17-19,29H,2,10-16H2,1H3,(H,34,35). The lowest BCUT2D eigenvalue weighted by Gasteiger charge is -2.35. The van der Waals surface area contributed by atoms with Crippen molar-refractivity contribution in [2.24, 2.45) is 0 Å². The number of aromatic nitrogens is 2. The molecular formula is C28H31N5O2. The van der Waals surface area contributed by atoms with Gasteiger partial charge in [-0.25, -0.2) is 14.8 Å². The van der Waals surface area contributed by atoms with E-state index in [2.05, 4.69) is 38.1 Å². The molecule has 0 amide bonds. The average molecular weight is 470 g/mol. The minimum atomic E-state index is -0.894. The predicted molar refractivity (Wildman–Crippen MR) is 140 cm³/mol. The molecule has 0 spiro atoms. The fraction of sp³-hybridized carbons (Fsp3) is 0.321. The van der Waals surface area contributed by atoms with Gasteiger partial charge in [0.25, 0.3) is 0 Å². The highest BCUT2D eigenvalue weighted by Crippen LogP contribution is 2.30. The molecule has 0 radical (unpaired) electrons. The Labute approximate surface area is 206 Å². The van der Waals surface area contributed by atoms with Gasteiger partial charge in [0.1, 0.15) is 0 Å². The first-order chi connectivity index (χ1) is 17.1. The SMILES string of the molecule is CCN1CCN(c2cnc(-c3ccc(-c4ccc(C(=O)O)c(C5=CCNCC5)c4)cc3)nc2)CC1. The van der Waals surface area contributed by atoms with Gasteiger partial charge in [-0.3, -0.25) is 0 Å². The fourth-order valence-electron chi connectivity index (χ4n) is 4.81. The maximum absolute atomic E-state index is 11.8. The molecular weight excluding hydrogens is 438 g/mol. The van der Waals surface area contributed by atoms with E-state index in [0.29, 0.717) is 11.4 Å². The minimum Gasteiger partial charge on any atom is -0.478 e. The minimum absolute atomic E-state index is 0.350.